The summed E-state index contributed by atoms with van der Waals surface area (Å²) in [5.74, 6) is -1.19. The van der Waals surface area contributed by atoms with Crippen LogP contribution in [-0.4, -0.2) is 98.3 Å². The van der Waals surface area contributed by atoms with Crippen molar-refractivity contribution in [2.45, 2.75) is 243 Å². The number of rotatable bonds is 43. The van der Waals surface area contributed by atoms with E-state index >= 15 is 0 Å². The monoisotopic (exact) mass is 981 g/mol. The number of esters is 2. The van der Waals surface area contributed by atoms with Gasteiger partial charge in [0, 0.05) is 12.8 Å². The van der Waals surface area contributed by atoms with E-state index < -0.39 is 75.7 Å². The van der Waals surface area contributed by atoms with Gasteiger partial charge in [-0.05, 0) is 51.4 Å². The summed E-state index contributed by atoms with van der Waals surface area (Å²) in [5, 5.41) is 50.3. The minimum absolute atomic E-state index is 0.0299. The van der Waals surface area contributed by atoms with Crippen LogP contribution in [0, 0.1) is 0 Å². The number of phosphoric acid groups is 1. The molecular formula is C54H93O13P. The lowest BCUT2D eigenvalue weighted by Crippen LogP contribution is -2.64. The minimum atomic E-state index is -5.15. The number of ether oxygens (including phenoxy) is 2. The molecule has 0 spiro atoms. The van der Waals surface area contributed by atoms with Crippen LogP contribution in [0.15, 0.2) is 72.9 Å². The van der Waals surface area contributed by atoms with E-state index in [0.717, 1.165) is 51.4 Å². The molecule has 14 heteroatoms. The van der Waals surface area contributed by atoms with Gasteiger partial charge in [0.2, 0.25) is 0 Å². The van der Waals surface area contributed by atoms with Crippen LogP contribution in [0.4, 0.5) is 0 Å². The van der Waals surface area contributed by atoms with Crippen molar-refractivity contribution in [1.29, 1.82) is 0 Å². The van der Waals surface area contributed by atoms with Gasteiger partial charge in [-0.15, -0.1) is 0 Å². The Morgan fingerprint density at radius 1 is 0.471 bits per heavy atom. The van der Waals surface area contributed by atoms with E-state index in [-0.39, 0.29) is 12.8 Å². The molecule has 0 bridgehead atoms. The quantitative estimate of drug-likeness (QED) is 0.0146. The molecule has 392 valence electrons. The summed E-state index contributed by atoms with van der Waals surface area (Å²) >= 11 is 0. The first kappa shape index (κ1) is 63.3. The Morgan fingerprint density at radius 3 is 1.25 bits per heavy atom. The fraction of sp³-hybridized carbons (Fsp3) is 0.741. The topological polar surface area (TPSA) is 210 Å². The predicted molar refractivity (Wildman–Crippen MR) is 272 cm³/mol. The molecule has 0 aromatic carbocycles. The third-order valence-electron chi connectivity index (χ3n) is 11.8. The standard InChI is InChI=1S/C54H93O13P/c1-3-5-7-9-11-13-15-17-19-21-23-25-26-28-30-32-34-36-38-40-42-47(55)64-44-46(45-65-68(62,63)67-54-52(60)50(58)49(57)51(59)53(54)61)66-48(56)43-41-39-37-35-33-31-29-27-24-22-20-18-16-14-12-10-8-6-4-2/h6,8,12,14,18,20,24,27,31,33,37,39,46,49-54,57-61H,3-5,7,9-11,13,15-17,19,21-23,25-26,28-30,32,34-36,38,40-45H2,1-2H3,(H,62,63)/b8-6-,14-12-,20-18-,27-24-,33-31-,39-37-. The molecule has 0 aromatic heterocycles. The maximum absolute atomic E-state index is 12.9. The number of carbonyl (C=O) groups is 2. The molecular weight excluding hydrogens is 888 g/mol. The van der Waals surface area contributed by atoms with Crippen molar-refractivity contribution in [2.24, 2.45) is 0 Å². The number of allylic oxidation sites excluding steroid dienone is 12. The zero-order valence-corrected chi connectivity index (χ0v) is 42.8. The first-order chi connectivity index (χ1) is 32.9. The summed E-state index contributed by atoms with van der Waals surface area (Å²) in [5.41, 5.74) is 0. The van der Waals surface area contributed by atoms with Crippen molar-refractivity contribution in [3.8, 4) is 0 Å². The Bertz CT molecular complexity index is 1460. The van der Waals surface area contributed by atoms with E-state index in [1.807, 2.05) is 18.2 Å². The van der Waals surface area contributed by atoms with Gasteiger partial charge in [0.05, 0.1) is 6.61 Å². The van der Waals surface area contributed by atoms with Crippen LogP contribution < -0.4 is 0 Å². The van der Waals surface area contributed by atoms with Crippen molar-refractivity contribution in [2.75, 3.05) is 13.2 Å². The largest absolute Gasteiger partial charge is 0.472 e. The number of carbonyl (C=O) groups excluding carboxylic acids is 2. The van der Waals surface area contributed by atoms with E-state index in [0.29, 0.717) is 19.3 Å². The normalized spacial score (nSPS) is 21.6. The molecule has 13 nitrogen and oxygen atoms in total. The molecule has 0 aliphatic heterocycles. The van der Waals surface area contributed by atoms with Gasteiger partial charge in [0.25, 0.3) is 0 Å². The summed E-state index contributed by atoms with van der Waals surface area (Å²) in [7, 11) is -5.15. The molecule has 6 atom stereocenters. The SMILES string of the molecule is CC/C=C\C/C=C\C/C=C\C/C=C\C/C=C\C/C=C\CCC(=O)OC(COC(=O)CCCCCCCCCCCCCCCCCCCCCC)COP(=O)(O)OC1C(O)C(O)C(O)C(O)C1O. The molecule has 0 heterocycles. The molecule has 0 saturated heterocycles. The molecule has 0 radical (unpaired) electrons. The molecule has 0 aromatic rings. The van der Waals surface area contributed by atoms with E-state index in [1.54, 1.807) is 0 Å². The first-order valence-electron chi connectivity index (χ1n) is 26.2. The van der Waals surface area contributed by atoms with Crippen LogP contribution in [-0.2, 0) is 32.7 Å². The number of unbranched alkanes of at least 4 members (excludes halogenated alkanes) is 19. The van der Waals surface area contributed by atoms with Crippen LogP contribution >= 0.6 is 7.82 Å². The Balaban J connectivity index is 2.44. The predicted octanol–water partition coefficient (Wildman–Crippen LogP) is 11.5. The number of aliphatic hydroxyl groups is 5. The average molecular weight is 981 g/mol. The fourth-order valence-electron chi connectivity index (χ4n) is 7.67. The molecule has 1 aliphatic rings. The molecule has 1 rings (SSSR count). The lowest BCUT2D eigenvalue weighted by Gasteiger charge is -2.41. The lowest BCUT2D eigenvalue weighted by molar-refractivity contribution is -0.220. The molecule has 6 unspecified atom stereocenters. The van der Waals surface area contributed by atoms with Gasteiger partial charge in [-0.3, -0.25) is 18.6 Å². The Labute approximate surface area is 410 Å². The van der Waals surface area contributed by atoms with Crippen molar-refractivity contribution in [3.05, 3.63) is 72.9 Å². The summed E-state index contributed by atoms with van der Waals surface area (Å²) < 4.78 is 33.6. The Kier molecular flexibility index (Phi) is 40.1. The van der Waals surface area contributed by atoms with Gasteiger partial charge in [-0.1, -0.05) is 209 Å². The molecule has 1 aliphatic carbocycles. The summed E-state index contributed by atoms with van der Waals surface area (Å²) in [4.78, 5) is 35.8. The van der Waals surface area contributed by atoms with Crippen LogP contribution in [0.25, 0.3) is 0 Å². The van der Waals surface area contributed by atoms with E-state index in [4.69, 9.17) is 18.5 Å². The second kappa shape index (κ2) is 43.1. The van der Waals surface area contributed by atoms with Crippen LogP contribution in [0.5, 0.6) is 0 Å². The maximum atomic E-state index is 12.9. The summed E-state index contributed by atoms with van der Waals surface area (Å²) in [6.07, 6.45) is 42.5. The van der Waals surface area contributed by atoms with Crippen LogP contribution in [0.1, 0.15) is 200 Å². The Morgan fingerprint density at radius 2 is 0.838 bits per heavy atom. The van der Waals surface area contributed by atoms with Crippen LogP contribution in [0.2, 0.25) is 0 Å². The van der Waals surface area contributed by atoms with Crippen molar-refractivity contribution < 1.29 is 63.1 Å². The van der Waals surface area contributed by atoms with E-state index in [9.17, 15) is 44.6 Å². The number of aliphatic hydroxyl groups excluding tert-OH is 5. The van der Waals surface area contributed by atoms with Gasteiger partial charge < -0.3 is 39.9 Å². The number of hydrogen-bond donors (Lipinski definition) is 6. The van der Waals surface area contributed by atoms with Gasteiger partial charge >= 0.3 is 19.8 Å². The second-order valence-corrected chi connectivity index (χ2v) is 19.4. The number of hydrogen-bond acceptors (Lipinski definition) is 12. The smallest absolute Gasteiger partial charge is 0.462 e. The minimum Gasteiger partial charge on any atom is -0.462 e. The summed E-state index contributed by atoms with van der Waals surface area (Å²) in [6.45, 7) is 3.15. The third kappa shape index (κ3) is 34.6. The van der Waals surface area contributed by atoms with Crippen LogP contribution in [0.3, 0.4) is 0 Å². The zero-order chi connectivity index (χ0) is 49.9. The van der Waals surface area contributed by atoms with Crippen molar-refractivity contribution in [3.63, 3.8) is 0 Å². The van der Waals surface area contributed by atoms with Gasteiger partial charge in [-0.2, -0.15) is 0 Å². The van der Waals surface area contributed by atoms with Gasteiger partial charge in [-0.25, -0.2) is 4.57 Å². The highest BCUT2D eigenvalue weighted by molar-refractivity contribution is 7.47. The molecule has 1 saturated carbocycles. The van der Waals surface area contributed by atoms with Gasteiger partial charge in [0.15, 0.2) is 6.10 Å². The van der Waals surface area contributed by atoms with Crippen molar-refractivity contribution >= 4 is 19.8 Å². The Hall–Kier alpha value is -2.71. The molecule has 68 heavy (non-hydrogen) atoms. The molecule has 6 N–H and O–H groups in total. The van der Waals surface area contributed by atoms with Gasteiger partial charge in [0.1, 0.15) is 43.2 Å². The van der Waals surface area contributed by atoms with E-state index in [1.165, 1.54) is 103 Å². The number of phosphoric ester groups is 1. The van der Waals surface area contributed by atoms with E-state index in [2.05, 4.69) is 68.5 Å². The lowest BCUT2D eigenvalue weighted by atomic mass is 9.85. The summed E-state index contributed by atoms with van der Waals surface area (Å²) in [6, 6.07) is 0. The maximum Gasteiger partial charge on any atom is 0.472 e. The molecule has 0 amide bonds. The first-order valence-corrected chi connectivity index (χ1v) is 27.7. The van der Waals surface area contributed by atoms with Crippen molar-refractivity contribution in [1.82, 2.24) is 0 Å². The zero-order valence-electron chi connectivity index (χ0n) is 41.9. The third-order valence-corrected chi connectivity index (χ3v) is 12.8. The molecule has 1 fully saturated rings. The second-order valence-electron chi connectivity index (χ2n) is 18.0. The average Bonchev–Trinajstić information content (AvgIpc) is 3.32. The highest BCUT2D eigenvalue weighted by Gasteiger charge is 2.51. The fourth-order valence-corrected chi connectivity index (χ4v) is 8.64. The highest BCUT2D eigenvalue weighted by Crippen LogP contribution is 2.47. The highest BCUT2D eigenvalue weighted by atomic mass is 31.2.